The fourth-order valence-electron chi connectivity index (χ4n) is 2.38. The van der Waals surface area contributed by atoms with Gasteiger partial charge in [0, 0.05) is 11.3 Å². The van der Waals surface area contributed by atoms with E-state index >= 15 is 0 Å². The molecule has 3 nitrogen and oxygen atoms in total. The lowest BCUT2D eigenvalue weighted by Gasteiger charge is -2.03. The highest BCUT2D eigenvalue weighted by molar-refractivity contribution is 7.15. The van der Waals surface area contributed by atoms with Crippen molar-refractivity contribution in [2.75, 3.05) is 5.32 Å². The van der Waals surface area contributed by atoms with Gasteiger partial charge in [0.15, 0.2) is 16.8 Å². The fraction of sp³-hybridized carbons (Fsp3) is 0.158. The summed E-state index contributed by atoms with van der Waals surface area (Å²) in [5.74, 6) is -2.93. The minimum atomic E-state index is -1.16. The molecular weight excluding hydrogens is 342 g/mol. The molecule has 128 valence electrons. The predicted molar refractivity (Wildman–Crippen MR) is 95.1 cm³/mol. The number of thiazole rings is 1. The molecule has 0 spiro atoms. The number of nitrogens with one attached hydrogen (secondary N) is 1. The van der Waals surface area contributed by atoms with Gasteiger partial charge in [-0.15, -0.1) is 11.3 Å². The quantitative estimate of drug-likeness (QED) is 0.722. The van der Waals surface area contributed by atoms with Gasteiger partial charge >= 0.3 is 0 Å². The number of halogens is 2. The molecular formula is C19H16F2N2OS. The van der Waals surface area contributed by atoms with Crippen LogP contribution in [0.25, 0.3) is 0 Å². The van der Waals surface area contributed by atoms with Crippen molar-refractivity contribution in [3.63, 3.8) is 0 Å². The minimum absolute atomic E-state index is 0.340. The van der Waals surface area contributed by atoms with E-state index in [1.807, 2.05) is 26.0 Å². The maximum Gasteiger partial charge on any atom is 0.260 e. The van der Waals surface area contributed by atoms with Gasteiger partial charge in [0.05, 0.1) is 11.3 Å². The van der Waals surface area contributed by atoms with Crippen molar-refractivity contribution in [1.82, 2.24) is 4.98 Å². The summed E-state index contributed by atoms with van der Waals surface area (Å²) in [6.45, 7) is 3.89. The first-order valence-electron chi connectivity index (χ1n) is 7.71. The molecule has 0 bridgehead atoms. The number of rotatable bonds is 4. The van der Waals surface area contributed by atoms with Crippen LogP contribution in [0, 0.1) is 25.5 Å². The van der Waals surface area contributed by atoms with Crippen molar-refractivity contribution < 1.29 is 13.6 Å². The number of hydrogen-bond donors (Lipinski definition) is 1. The van der Waals surface area contributed by atoms with Gasteiger partial charge in [-0.25, -0.2) is 13.8 Å². The zero-order valence-electron chi connectivity index (χ0n) is 13.8. The molecule has 3 rings (SSSR count). The number of amides is 1. The van der Waals surface area contributed by atoms with Crippen molar-refractivity contribution in [3.8, 4) is 0 Å². The van der Waals surface area contributed by atoms with E-state index in [9.17, 15) is 13.6 Å². The summed E-state index contributed by atoms with van der Waals surface area (Å²) < 4.78 is 27.0. The number of carbonyl (C=O) groups is 1. The lowest BCUT2D eigenvalue weighted by atomic mass is 10.1. The topological polar surface area (TPSA) is 42.0 Å². The Labute approximate surface area is 148 Å². The maximum atomic E-state index is 13.7. The highest BCUT2D eigenvalue weighted by Crippen LogP contribution is 2.26. The Morgan fingerprint density at radius 2 is 1.84 bits per heavy atom. The van der Waals surface area contributed by atoms with E-state index in [0.717, 1.165) is 22.2 Å². The molecule has 0 atom stereocenters. The number of hydrogen-bond acceptors (Lipinski definition) is 3. The molecule has 1 heterocycles. The van der Waals surface area contributed by atoms with Gasteiger partial charge in [0.25, 0.3) is 5.91 Å². The van der Waals surface area contributed by atoms with E-state index in [4.69, 9.17) is 0 Å². The van der Waals surface area contributed by atoms with Crippen LogP contribution in [0.5, 0.6) is 0 Å². The minimum Gasteiger partial charge on any atom is -0.298 e. The van der Waals surface area contributed by atoms with Crippen molar-refractivity contribution in [2.45, 2.75) is 20.3 Å². The standard InChI is InChI=1S/C19H16F2N2OS/c1-11-6-8-13(9-7-11)10-16-12(2)22-19(25-16)23-18(24)14-4-3-5-15(20)17(14)21/h3-9H,10H2,1-2H3,(H,22,23,24). The molecule has 0 fully saturated rings. The molecule has 0 saturated heterocycles. The molecule has 0 aliphatic rings. The summed E-state index contributed by atoms with van der Waals surface area (Å²) in [7, 11) is 0. The van der Waals surface area contributed by atoms with Crippen LogP contribution in [0.4, 0.5) is 13.9 Å². The van der Waals surface area contributed by atoms with Crippen LogP contribution in [-0.4, -0.2) is 10.9 Å². The first-order chi connectivity index (χ1) is 11.9. The summed E-state index contributed by atoms with van der Waals surface area (Å²) >= 11 is 1.33. The molecule has 0 radical (unpaired) electrons. The monoisotopic (exact) mass is 358 g/mol. The highest BCUT2D eigenvalue weighted by atomic mass is 32.1. The lowest BCUT2D eigenvalue weighted by molar-refractivity contribution is 0.102. The number of nitrogens with zero attached hydrogens (tertiary/aromatic N) is 1. The van der Waals surface area contributed by atoms with Crippen molar-refractivity contribution in [2.24, 2.45) is 0 Å². The largest absolute Gasteiger partial charge is 0.298 e. The predicted octanol–water partition coefficient (Wildman–Crippen LogP) is 4.88. The molecule has 6 heteroatoms. The number of carbonyl (C=O) groups excluding carboxylic acids is 1. The molecule has 25 heavy (non-hydrogen) atoms. The molecule has 0 saturated carbocycles. The van der Waals surface area contributed by atoms with E-state index in [0.29, 0.717) is 11.6 Å². The van der Waals surface area contributed by atoms with Crippen LogP contribution in [0.2, 0.25) is 0 Å². The van der Waals surface area contributed by atoms with Gasteiger partial charge in [0.2, 0.25) is 0 Å². The van der Waals surface area contributed by atoms with Gasteiger partial charge in [-0.05, 0) is 31.5 Å². The van der Waals surface area contributed by atoms with Gasteiger partial charge in [-0.1, -0.05) is 35.9 Å². The summed E-state index contributed by atoms with van der Waals surface area (Å²) in [5.41, 5.74) is 2.80. The third kappa shape index (κ3) is 3.91. The Kier molecular flexibility index (Phi) is 4.90. The zero-order chi connectivity index (χ0) is 18.0. The van der Waals surface area contributed by atoms with Gasteiger partial charge in [0.1, 0.15) is 0 Å². The Bertz CT molecular complexity index is 920. The second kappa shape index (κ2) is 7.11. The Hall–Kier alpha value is -2.60. The third-order valence-electron chi connectivity index (χ3n) is 3.79. The molecule has 0 aliphatic heterocycles. The average Bonchev–Trinajstić information content (AvgIpc) is 2.91. The summed E-state index contributed by atoms with van der Waals surface area (Å²) in [5, 5.41) is 2.91. The van der Waals surface area contributed by atoms with Crippen molar-refractivity contribution >= 4 is 22.4 Å². The molecule has 0 unspecified atom stereocenters. The lowest BCUT2D eigenvalue weighted by Crippen LogP contribution is -2.14. The molecule has 1 amide bonds. The van der Waals surface area contributed by atoms with E-state index in [2.05, 4.69) is 22.4 Å². The van der Waals surface area contributed by atoms with E-state index in [1.54, 1.807) is 0 Å². The molecule has 2 aromatic carbocycles. The zero-order valence-corrected chi connectivity index (χ0v) is 14.6. The Morgan fingerprint density at radius 3 is 2.56 bits per heavy atom. The smallest absolute Gasteiger partial charge is 0.260 e. The fourth-order valence-corrected chi connectivity index (χ4v) is 3.37. The van der Waals surface area contributed by atoms with Gasteiger partial charge in [-0.3, -0.25) is 10.1 Å². The van der Waals surface area contributed by atoms with Gasteiger partial charge in [-0.2, -0.15) is 0 Å². The molecule has 1 aromatic heterocycles. The first kappa shape index (κ1) is 17.2. The van der Waals surface area contributed by atoms with E-state index in [-0.39, 0.29) is 5.56 Å². The summed E-state index contributed by atoms with van der Waals surface area (Å²) in [4.78, 5) is 17.5. The highest BCUT2D eigenvalue weighted by Gasteiger charge is 2.17. The van der Waals surface area contributed by atoms with Crippen LogP contribution in [0.3, 0.4) is 0 Å². The van der Waals surface area contributed by atoms with Crippen molar-refractivity contribution in [1.29, 1.82) is 0 Å². The second-order valence-corrected chi connectivity index (χ2v) is 6.83. The SMILES string of the molecule is Cc1ccc(Cc2sc(NC(=O)c3cccc(F)c3F)nc2C)cc1. The molecule has 1 N–H and O–H groups in total. The van der Waals surface area contributed by atoms with E-state index in [1.165, 1.54) is 29.0 Å². The van der Waals surface area contributed by atoms with Crippen molar-refractivity contribution in [3.05, 3.63) is 81.4 Å². The number of aryl methyl sites for hydroxylation is 2. The molecule has 0 aliphatic carbocycles. The van der Waals surface area contributed by atoms with E-state index < -0.39 is 17.5 Å². The summed E-state index contributed by atoms with van der Waals surface area (Å²) in [6, 6.07) is 11.7. The Balaban J connectivity index is 1.77. The molecule has 3 aromatic rings. The first-order valence-corrected chi connectivity index (χ1v) is 8.53. The van der Waals surface area contributed by atoms with Crippen LogP contribution in [0.1, 0.15) is 32.1 Å². The van der Waals surface area contributed by atoms with Crippen LogP contribution in [-0.2, 0) is 6.42 Å². The Morgan fingerprint density at radius 1 is 1.12 bits per heavy atom. The number of benzene rings is 2. The average molecular weight is 358 g/mol. The maximum absolute atomic E-state index is 13.7. The van der Waals surface area contributed by atoms with Crippen LogP contribution < -0.4 is 5.32 Å². The van der Waals surface area contributed by atoms with Crippen LogP contribution in [0.15, 0.2) is 42.5 Å². The van der Waals surface area contributed by atoms with Crippen LogP contribution >= 0.6 is 11.3 Å². The summed E-state index contributed by atoms with van der Waals surface area (Å²) in [6.07, 6.45) is 0.702. The third-order valence-corrected chi connectivity index (χ3v) is 4.87. The van der Waals surface area contributed by atoms with Gasteiger partial charge < -0.3 is 0 Å². The number of aromatic nitrogens is 1. The number of anilines is 1. The normalized spacial score (nSPS) is 10.7. The second-order valence-electron chi connectivity index (χ2n) is 5.75.